The Kier molecular flexibility index (Phi) is 4.18. The molecule has 5 saturated carbocycles. The molecule has 5 aliphatic rings. The summed E-state index contributed by atoms with van der Waals surface area (Å²) in [6.07, 6.45) is 2.84. The van der Waals surface area contributed by atoms with Crippen molar-refractivity contribution in [1.82, 2.24) is 0 Å². The third kappa shape index (κ3) is 2.30. The molecule has 0 aromatic carbocycles. The van der Waals surface area contributed by atoms with Gasteiger partial charge in [-0.2, -0.15) is 0 Å². The summed E-state index contributed by atoms with van der Waals surface area (Å²) in [4.78, 5) is 24.9. The smallest absolute Gasteiger partial charge is 0.302 e. The van der Waals surface area contributed by atoms with Crippen molar-refractivity contribution in [3.8, 4) is 0 Å². The van der Waals surface area contributed by atoms with Crippen LogP contribution in [0.5, 0.6) is 0 Å². The van der Waals surface area contributed by atoms with Crippen molar-refractivity contribution in [2.45, 2.75) is 71.5 Å². The summed E-state index contributed by atoms with van der Waals surface area (Å²) in [5, 5.41) is 22.0. The molecule has 5 fully saturated rings. The van der Waals surface area contributed by atoms with Crippen LogP contribution in [0.3, 0.4) is 0 Å². The first kappa shape index (κ1) is 19.1. The number of hydrogen-bond acceptors (Lipinski definition) is 5. The van der Waals surface area contributed by atoms with E-state index in [1.165, 1.54) is 6.92 Å². The first-order valence-corrected chi connectivity index (χ1v) is 10.3. The van der Waals surface area contributed by atoms with Gasteiger partial charge in [-0.1, -0.05) is 26.8 Å². The highest BCUT2D eigenvalue weighted by atomic mass is 16.5. The van der Waals surface area contributed by atoms with E-state index < -0.39 is 17.6 Å². The zero-order valence-electron chi connectivity index (χ0n) is 16.7. The molecular weight excluding hydrogens is 344 g/mol. The summed E-state index contributed by atoms with van der Waals surface area (Å²) in [6, 6.07) is 0. The molecule has 8 atom stereocenters. The highest BCUT2D eigenvalue weighted by molar-refractivity contribution is 5.89. The summed E-state index contributed by atoms with van der Waals surface area (Å²) < 4.78 is 5.41. The number of ketones is 1. The lowest BCUT2D eigenvalue weighted by Crippen LogP contribution is -2.72. The van der Waals surface area contributed by atoms with E-state index in [4.69, 9.17) is 4.74 Å². The normalized spacial score (nSPS) is 51.5. The minimum Gasteiger partial charge on any atom is -0.465 e. The molecular formula is C22H32O5. The second-order valence-corrected chi connectivity index (χ2v) is 10.1. The maximum atomic E-state index is 13.5. The van der Waals surface area contributed by atoms with E-state index in [2.05, 4.69) is 20.4 Å². The fourth-order valence-corrected chi connectivity index (χ4v) is 7.54. The number of hydrogen-bond donors (Lipinski definition) is 2. The maximum Gasteiger partial charge on any atom is 0.302 e. The highest BCUT2D eigenvalue weighted by Crippen LogP contribution is 2.70. The van der Waals surface area contributed by atoms with E-state index >= 15 is 0 Å². The van der Waals surface area contributed by atoms with Gasteiger partial charge in [-0.25, -0.2) is 0 Å². The quantitative estimate of drug-likeness (QED) is 0.572. The van der Waals surface area contributed by atoms with Gasteiger partial charge in [-0.3, -0.25) is 9.59 Å². The molecule has 0 heterocycles. The Morgan fingerprint density at radius 3 is 2.59 bits per heavy atom. The Bertz CT molecular complexity index is 701. The molecule has 0 saturated heterocycles. The SMILES string of the molecule is C=C1C(O)[C@@]23C(=O)C[C@@H]4[C@](C)(COC(C)=O)CCC[C@@]4(C)[C@@H]2C[C@@H]1C[C@H]3O. The standard InChI is InChI=1S/C22H32O5/c1-12-14-8-16-21(4)7-5-6-20(3,11-27-13(2)23)15(21)10-18(25)22(16,19(12)26)17(24)9-14/h14-17,19,24,26H,1,5-11H2,2-4H3/t14-,15-,16+,17-,19?,20+,21-,22+/m1/s1. The lowest BCUT2D eigenvalue weighted by Gasteiger charge is -2.69. The number of aliphatic hydroxyl groups is 2. The van der Waals surface area contributed by atoms with Gasteiger partial charge in [-0.05, 0) is 54.4 Å². The molecule has 0 radical (unpaired) electrons. The Morgan fingerprint density at radius 2 is 1.93 bits per heavy atom. The fourth-order valence-electron chi connectivity index (χ4n) is 7.54. The molecule has 27 heavy (non-hydrogen) atoms. The van der Waals surface area contributed by atoms with E-state index in [1.807, 2.05) is 0 Å². The van der Waals surface area contributed by atoms with Crippen LogP contribution in [0.4, 0.5) is 0 Å². The second-order valence-electron chi connectivity index (χ2n) is 10.1. The summed E-state index contributed by atoms with van der Waals surface area (Å²) in [7, 11) is 0. The first-order valence-electron chi connectivity index (χ1n) is 10.3. The molecule has 5 nitrogen and oxygen atoms in total. The molecule has 1 unspecified atom stereocenters. The zero-order chi connectivity index (χ0) is 19.8. The van der Waals surface area contributed by atoms with Gasteiger partial charge < -0.3 is 14.9 Å². The third-order valence-electron chi connectivity index (χ3n) is 8.86. The summed E-state index contributed by atoms with van der Waals surface area (Å²) in [6.45, 7) is 10.2. The number of carbonyl (C=O) groups is 2. The largest absolute Gasteiger partial charge is 0.465 e. The van der Waals surface area contributed by atoms with Gasteiger partial charge in [0, 0.05) is 18.8 Å². The van der Waals surface area contributed by atoms with Crippen molar-refractivity contribution in [2.24, 2.45) is 34.0 Å². The number of rotatable bonds is 2. The summed E-state index contributed by atoms with van der Waals surface area (Å²) in [5.41, 5.74) is -0.788. The van der Waals surface area contributed by atoms with E-state index in [0.29, 0.717) is 19.4 Å². The number of aliphatic hydroxyl groups excluding tert-OH is 2. The van der Waals surface area contributed by atoms with Crippen LogP contribution >= 0.6 is 0 Å². The molecule has 2 N–H and O–H groups in total. The minimum atomic E-state index is -1.10. The van der Waals surface area contributed by atoms with Crippen molar-refractivity contribution in [2.75, 3.05) is 6.61 Å². The molecule has 150 valence electrons. The average Bonchev–Trinajstić information content (AvgIpc) is 2.60. The van der Waals surface area contributed by atoms with Gasteiger partial charge in [-0.15, -0.1) is 0 Å². The fraction of sp³-hybridized carbons (Fsp3) is 0.818. The van der Waals surface area contributed by atoms with Gasteiger partial charge in [0.1, 0.15) is 5.78 Å². The molecule has 0 amide bonds. The number of esters is 1. The third-order valence-corrected chi connectivity index (χ3v) is 8.86. The number of ether oxygens (including phenoxy) is 1. The van der Waals surface area contributed by atoms with Crippen LogP contribution in [-0.2, 0) is 14.3 Å². The minimum absolute atomic E-state index is 0.0229. The topological polar surface area (TPSA) is 83.8 Å². The van der Waals surface area contributed by atoms with Gasteiger partial charge in [0.05, 0.1) is 24.2 Å². The molecule has 1 spiro atoms. The Balaban J connectivity index is 1.77. The van der Waals surface area contributed by atoms with E-state index in [0.717, 1.165) is 31.3 Å². The van der Waals surface area contributed by atoms with Gasteiger partial charge >= 0.3 is 5.97 Å². The van der Waals surface area contributed by atoms with Crippen molar-refractivity contribution in [3.63, 3.8) is 0 Å². The van der Waals surface area contributed by atoms with Gasteiger partial charge in [0.25, 0.3) is 0 Å². The van der Waals surface area contributed by atoms with Gasteiger partial charge in [0.15, 0.2) is 0 Å². The van der Waals surface area contributed by atoms with Crippen LogP contribution in [0.2, 0.25) is 0 Å². The summed E-state index contributed by atoms with van der Waals surface area (Å²) >= 11 is 0. The van der Waals surface area contributed by atoms with Crippen LogP contribution in [-0.4, -0.2) is 40.8 Å². The van der Waals surface area contributed by atoms with Crippen molar-refractivity contribution >= 4 is 11.8 Å². The molecule has 0 aliphatic heterocycles. The lowest BCUT2D eigenvalue weighted by molar-refractivity contribution is -0.234. The van der Waals surface area contributed by atoms with Crippen LogP contribution < -0.4 is 0 Å². The molecule has 5 rings (SSSR count). The summed E-state index contributed by atoms with van der Waals surface area (Å²) in [5.74, 6) is -0.200. The van der Waals surface area contributed by atoms with E-state index in [-0.39, 0.29) is 40.3 Å². The van der Waals surface area contributed by atoms with Crippen molar-refractivity contribution in [1.29, 1.82) is 0 Å². The van der Waals surface area contributed by atoms with Crippen LogP contribution in [0.25, 0.3) is 0 Å². The molecule has 0 aromatic heterocycles. The van der Waals surface area contributed by atoms with E-state index in [1.54, 1.807) is 0 Å². The zero-order valence-corrected chi connectivity index (χ0v) is 16.7. The highest BCUT2D eigenvalue weighted by Gasteiger charge is 2.72. The van der Waals surface area contributed by atoms with E-state index in [9.17, 15) is 19.8 Å². The Labute approximate surface area is 161 Å². The van der Waals surface area contributed by atoms with Crippen LogP contribution in [0.15, 0.2) is 12.2 Å². The average molecular weight is 376 g/mol. The number of Topliss-reactive ketones (excluding diaryl/α,β-unsaturated/α-hetero) is 1. The van der Waals surface area contributed by atoms with Crippen molar-refractivity contribution in [3.05, 3.63) is 12.2 Å². The first-order chi connectivity index (χ1) is 12.6. The maximum absolute atomic E-state index is 13.5. The molecule has 2 bridgehead atoms. The predicted octanol–water partition coefficient (Wildman–Crippen LogP) is 2.64. The van der Waals surface area contributed by atoms with Crippen LogP contribution in [0, 0.1) is 34.0 Å². The van der Waals surface area contributed by atoms with Gasteiger partial charge in [0.2, 0.25) is 0 Å². The monoisotopic (exact) mass is 376 g/mol. The number of carbonyl (C=O) groups excluding carboxylic acids is 2. The number of fused-ring (bicyclic) bond motifs is 3. The molecule has 0 aromatic rings. The second kappa shape index (κ2) is 5.90. The Morgan fingerprint density at radius 1 is 1.22 bits per heavy atom. The van der Waals surface area contributed by atoms with Crippen molar-refractivity contribution < 1.29 is 24.5 Å². The van der Waals surface area contributed by atoms with Crippen LogP contribution in [0.1, 0.15) is 59.3 Å². The Hall–Kier alpha value is -1.20. The molecule has 5 heteroatoms. The predicted molar refractivity (Wildman–Crippen MR) is 99.6 cm³/mol. The lowest BCUT2D eigenvalue weighted by atomic mass is 9.35. The molecule has 5 aliphatic carbocycles.